The molecular weight excluding hydrogens is 312 g/mol. The molecule has 46 valence electrons. The third kappa shape index (κ3) is 7.19. The van der Waals surface area contributed by atoms with E-state index >= 15 is 0 Å². The summed E-state index contributed by atoms with van der Waals surface area (Å²) in [5.74, 6) is 0. The van der Waals surface area contributed by atoms with Crippen LogP contribution in [0.1, 0.15) is 13.3 Å². The topological polar surface area (TPSA) is 9.23 Å². The van der Waals surface area contributed by atoms with Gasteiger partial charge in [-0.15, -0.1) is 0 Å². The van der Waals surface area contributed by atoms with Crippen molar-refractivity contribution in [3.8, 4) is 0 Å². The number of rotatable bonds is 5. The van der Waals surface area contributed by atoms with Crippen LogP contribution in [0.15, 0.2) is 0 Å². The Morgan fingerprint density at radius 3 is 2.75 bits per heavy atom. The van der Waals surface area contributed by atoms with Gasteiger partial charge in [0.15, 0.2) is 0 Å². The van der Waals surface area contributed by atoms with E-state index in [2.05, 4.69) is 6.92 Å². The van der Waals surface area contributed by atoms with Gasteiger partial charge in [0.05, 0.1) is 0 Å². The van der Waals surface area contributed by atoms with Gasteiger partial charge in [-0.3, -0.25) is 0 Å². The zero-order chi connectivity index (χ0) is 6.24. The Morgan fingerprint density at radius 1 is 1.50 bits per heavy atom. The summed E-state index contributed by atoms with van der Waals surface area (Å²) in [6, 6.07) is 0. The normalized spacial score (nSPS) is 8.75. The van der Waals surface area contributed by atoms with Crippen LogP contribution in [-0.4, -0.2) is 13.2 Å². The van der Waals surface area contributed by atoms with Crippen LogP contribution in [0.2, 0.25) is 3.93 Å². The Hall–Kier alpha value is 1.19. The fourth-order valence-corrected chi connectivity index (χ4v) is 2.58. The van der Waals surface area contributed by atoms with E-state index in [1.165, 1.54) is 3.93 Å². The van der Waals surface area contributed by atoms with E-state index in [1.807, 2.05) is 0 Å². The summed E-state index contributed by atoms with van der Waals surface area (Å²) >= 11 is -0.854. The molecule has 0 saturated heterocycles. The first-order valence-electron chi connectivity index (χ1n) is 3.05. The first-order valence-corrected chi connectivity index (χ1v) is 13.7. The second-order valence-corrected chi connectivity index (χ2v) is 9.19. The molecule has 0 atom stereocenters. The van der Waals surface area contributed by atoms with Crippen molar-refractivity contribution in [1.29, 1.82) is 0 Å². The second kappa shape index (κ2) is 8.19. The Bertz CT molecular complexity index is 37.4. The fraction of sp³-hybridized carbons (Fsp3) is 1.00. The monoisotopic (exact) mass is 324 g/mol. The quantitative estimate of drug-likeness (QED) is 0.556. The minimum atomic E-state index is -0.854. The molecule has 0 spiro atoms. The molecule has 0 heterocycles. The zero-order valence-corrected chi connectivity index (χ0v) is 11.6. The van der Waals surface area contributed by atoms with Crippen LogP contribution in [0.25, 0.3) is 0 Å². The molecule has 0 aliphatic rings. The molecule has 3 heteroatoms. The molecular formula is C5H11ClHgO. The van der Waals surface area contributed by atoms with Gasteiger partial charge < -0.3 is 0 Å². The van der Waals surface area contributed by atoms with Crippen molar-refractivity contribution >= 4 is 8.25 Å². The molecule has 0 rings (SSSR count). The summed E-state index contributed by atoms with van der Waals surface area (Å²) in [5.41, 5.74) is 0. The molecule has 8 heavy (non-hydrogen) atoms. The van der Waals surface area contributed by atoms with Gasteiger partial charge in [0.2, 0.25) is 0 Å². The van der Waals surface area contributed by atoms with Crippen molar-refractivity contribution in [2.24, 2.45) is 0 Å². The summed E-state index contributed by atoms with van der Waals surface area (Å²) < 4.78 is 6.39. The van der Waals surface area contributed by atoms with Crippen LogP contribution >= 0.6 is 8.25 Å². The van der Waals surface area contributed by atoms with E-state index < -0.39 is 23.3 Å². The molecule has 0 N–H and O–H groups in total. The van der Waals surface area contributed by atoms with Gasteiger partial charge in [0, 0.05) is 0 Å². The Morgan fingerprint density at radius 2 is 2.25 bits per heavy atom. The average molecular weight is 323 g/mol. The van der Waals surface area contributed by atoms with Crippen molar-refractivity contribution in [1.82, 2.24) is 0 Å². The zero-order valence-electron chi connectivity index (χ0n) is 5.32. The molecule has 1 nitrogen and oxygen atoms in total. The predicted molar refractivity (Wildman–Crippen MR) is 31.8 cm³/mol. The molecule has 0 aromatic carbocycles. The van der Waals surface area contributed by atoms with Crippen LogP contribution in [0.3, 0.4) is 0 Å². The SMILES string of the molecule is CCCOC[CH2][Hg][Cl]. The fourth-order valence-electron chi connectivity index (χ4n) is 0.403. The van der Waals surface area contributed by atoms with Crippen molar-refractivity contribution in [3.05, 3.63) is 0 Å². The van der Waals surface area contributed by atoms with Crippen molar-refractivity contribution < 1.29 is 28.1 Å². The summed E-state index contributed by atoms with van der Waals surface area (Å²) in [6.45, 7) is 3.94. The first-order chi connectivity index (χ1) is 3.91. The summed E-state index contributed by atoms with van der Waals surface area (Å²) in [4.78, 5) is 0. The number of hydrogen-bond acceptors (Lipinski definition) is 1. The first kappa shape index (κ1) is 9.19. The Balaban J connectivity index is 2.53. The third-order valence-corrected chi connectivity index (χ3v) is 5.28. The van der Waals surface area contributed by atoms with E-state index in [1.54, 1.807) is 0 Å². The van der Waals surface area contributed by atoms with Crippen molar-refractivity contribution in [2.75, 3.05) is 13.2 Å². The molecule has 0 bridgehead atoms. The molecule has 0 aromatic heterocycles. The maximum absolute atomic E-state index is 5.62. The van der Waals surface area contributed by atoms with Crippen LogP contribution in [0, 0.1) is 0 Å². The van der Waals surface area contributed by atoms with Gasteiger partial charge >= 0.3 is 66.8 Å². The van der Waals surface area contributed by atoms with E-state index in [0.29, 0.717) is 0 Å². The number of halogens is 1. The van der Waals surface area contributed by atoms with Gasteiger partial charge in [-0.25, -0.2) is 0 Å². The molecule has 0 radical (unpaired) electrons. The maximum atomic E-state index is 5.62. The summed E-state index contributed by atoms with van der Waals surface area (Å²) in [5, 5.41) is 0. The van der Waals surface area contributed by atoms with E-state index in [4.69, 9.17) is 13.0 Å². The predicted octanol–water partition coefficient (Wildman–Crippen LogP) is 2.07. The van der Waals surface area contributed by atoms with Gasteiger partial charge in [-0.1, -0.05) is 0 Å². The Kier molecular flexibility index (Phi) is 9.40. The van der Waals surface area contributed by atoms with Crippen LogP contribution in [0.5, 0.6) is 0 Å². The average Bonchev–Trinajstić information content (AvgIpc) is 1.81. The molecule has 0 saturated carbocycles. The van der Waals surface area contributed by atoms with Crippen LogP contribution in [0.4, 0.5) is 0 Å². The van der Waals surface area contributed by atoms with Gasteiger partial charge in [0.1, 0.15) is 0 Å². The van der Waals surface area contributed by atoms with Gasteiger partial charge in [-0.2, -0.15) is 0 Å². The molecule has 0 fully saturated rings. The summed E-state index contributed by atoms with van der Waals surface area (Å²) in [6.07, 6.45) is 1.12. The van der Waals surface area contributed by atoms with Gasteiger partial charge in [-0.05, 0) is 0 Å². The van der Waals surface area contributed by atoms with Crippen LogP contribution < -0.4 is 0 Å². The number of hydrogen-bond donors (Lipinski definition) is 0. The molecule has 0 aromatic rings. The standard InChI is InChI=1S/C5H11O.ClH.Hg/c1-3-5-6-4-2;;/h2-5H2,1H3;1H;/q;;+1/p-1. The minimum absolute atomic E-state index is 0.854. The van der Waals surface area contributed by atoms with E-state index in [9.17, 15) is 0 Å². The molecule has 0 unspecified atom stereocenters. The number of ether oxygens (including phenoxy) is 1. The second-order valence-electron chi connectivity index (χ2n) is 1.65. The summed E-state index contributed by atoms with van der Waals surface area (Å²) in [7, 11) is 5.62. The molecule has 0 aliphatic heterocycles. The molecule has 0 aliphatic carbocycles. The molecule has 0 amide bonds. The van der Waals surface area contributed by atoms with E-state index in [0.717, 1.165) is 19.6 Å². The van der Waals surface area contributed by atoms with Gasteiger partial charge in [0.25, 0.3) is 0 Å². The van der Waals surface area contributed by atoms with Crippen molar-refractivity contribution in [2.45, 2.75) is 17.3 Å². The Labute approximate surface area is 66.6 Å². The third-order valence-electron chi connectivity index (χ3n) is 0.771. The van der Waals surface area contributed by atoms with Crippen molar-refractivity contribution in [3.63, 3.8) is 0 Å². The van der Waals surface area contributed by atoms with E-state index in [-0.39, 0.29) is 0 Å². The van der Waals surface area contributed by atoms with Crippen LogP contribution in [-0.2, 0) is 28.1 Å².